The van der Waals surface area contributed by atoms with Crippen LogP contribution < -0.4 is 14.5 Å². The van der Waals surface area contributed by atoms with E-state index in [1.54, 1.807) is 21.9 Å². The minimum Gasteiger partial charge on any atom is -0.312 e. The van der Waals surface area contributed by atoms with Crippen LogP contribution in [0.25, 0.3) is 0 Å². The molecule has 0 unspecified atom stereocenters. The largest absolute Gasteiger partial charge is 0.312 e. The molecule has 0 radical (unpaired) electrons. The quantitative estimate of drug-likeness (QED) is 0.793. The van der Waals surface area contributed by atoms with Crippen molar-refractivity contribution in [2.75, 3.05) is 22.9 Å². The number of amides is 2. The molecule has 7 nitrogen and oxygen atoms in total. The van der Waals surface area contributed by atoms with E-state index in [9.17, 15) is 18.0 Å². The number of hydrogen-bond acceptors (Lipinski definition) is 4. The summed E-state index contributed by atoms with van der Waals surface area (Å²) in [5.41, 5.74) is 3.65. The van der Waals surface area contributed by atoms with Gasteiger partial charge in [0, 0.05) is 43.9 Å². The molecular formula is C22H25N3O4S. The SMILES string of the molecule is CC(=O)N1c2ccc(S(=O)(=O)NCCC(=O)N3CCc4ccccc43)cc2C[C@@H]1C. The summed E-state index contributed by atoms with van der Waals surface area (Å²) in [4.78, 5) is 28.0. The predicted molar refractivity (Wildman–Crippen MR) is 115 cm³/mol. The summed E-state index contributed by atoms with van der Waals surface area (Å²) < 4.78 is 28.0. The Hall–Kier alpha value is -2.71. The third-order valence-corrected chi connectivity index (χ3v) is 7.19. The first-order valence-electron chi connectivity index (χ1n) is 10.1. The minimum atomic E-state index is -3.74. The molecule has 0 aliphatic carbocycles. The van der Waals surface area contributed by atoms with Gasteiger partial charge in [-0.3, -0.25) is 9.59 Å². The average Bonchev–Trinajstić information content (AvgIpc) is 3.27. The van der Waals surface area contributed by atoms with Gasteiger partial charge in [0.15, 0.2) is 0 Å². The van der Waals surface area contributed by atoms with E-state index in [0.717, 1.165) is 28.9 Å². The van der Waals surface area contributed by atoms with E-state index in [0.29, 0.717) is 13.0 Å². The molecule has 2 aliphatic heterocycles. The van der Waals surface area contributed by atoms with Crippen LogP contribution in [-0.2, 0) is 32.5 Å². The number of carbonyl (C=O) groups excluding carboxylic acids is 2. The van der Waals surface area contributed by atoms with Crippen LogP contribution >= 0.6 is 0 Å². The molecule has 1 atom stereocenters. The number of nitrogens with one attached hydrogen (secondary N) is 1. The zero-order valence-electron chi connectivity index (χ0n) is 17.1. The van der Waals surface area contributed by atoms with E-state index >= 15 is 0 Å². The molecule has 0 fully saturated rings. The lowest BCUT2D eigenvalue weighted by Crippen LogP contribution is -2.33. The van der Waals surface area contributed by atoms with E-state index in [2.05, 4.69) is 4.72 Å². The monoisotopic (exact) mass is 427 g/mol. The number of anilines is 2. The lowest BCUT2D eigenvalue weighted by Gasteiger charge is -2.20. The third-order valence-electron chi connectivity index (χ3n) is 5.74. The molecule has 1 N–H and O–H groups in total. The van der Waals surface area contributed by atoms with Crippen LogP contribution in [0.1, 0.15) is 31.4 Å². The zero-order chi connectivity index (χ0) is 21.5. The summed E-state index contributed by atoms with van der Waals surface area (Å²) in [5, 5.41) is 0. The van der Waals surface area contributed by atoms with E-state index in [-0.39, 0.29) is 35.7 Å². The Morgan fingerprint density at radius 1 is 1.10 bits per heavy atom. The van der Waals surface area contributed by atoms with Crippen LogP contribution in [0.15, 0.2) is 47.4 Å². The fraction of sp³-hybridized carbons (Fsp3) is 0.364. The van der Waals surface area contributed by atoms with Crippen molar-refractivity contribution in [2.24, 2.45) is 0 Å². The predicted octanol–water partition coefficient (Wildman–Crippen LogP) is 2.24. The van der Waals surface area contributed by atoms with E-state index in [1.165, 1.54) is 13.0 Å². The van der Waals surface area contributed by atoms with Gasteiger partial charge in [0.2, 0.25) is 21.8 Å². The van der Waals surface area contributed by atoms with Crippen molar-refractivity contribution in [3.63, 3.8) is 0 Å². The second-order valence-electron chi connectivity index (χ2n) is 7.80. The first-order chi connectivity index (χ1) is 14.3. The van der Waals surface area contributed by atoms with E-state index in [4.69, 9.17) is 0 Å². The fourth-order valence-electron chi connectivity index (χ4n) is 4.36. The topological polar surface area (TPSA) is 86.8 Å². The van der Waals surface area contributed by atoms with E-state index in [1.807, 2.05) is 31.2 Å². The lowest BCUT2D eigenvalue weighted by molar-refractivity contribution is -0.118. The summed E-state index contributed by atoms with van der Waals surface area (Å²) in [6.45, 7) is 4.11. The van der Waals surface area contributed by atoms with Gasteiger partial charge in [-0.1, -0.05) is 18.2 Å². The van der Waals surface area contributed by atoms with Crippen molar-refractivity contribution in [1.82, 2.24) is 4.72 Å². The molecule has 158 valence electrons. The van der Waals surface area contributed by atoms with Crippen LogP contribution in [0, 0.1) is 0 Å². The molecule has 8 heteroatoms. The Balaban J connectivity index is 1.41. The van der Waals surface area contributed by atoms with Gasteiger partial charge in [0.25, 0.3) is 0 Å². The first-order valence-corrected chi connectivity index (χ1v) is 11.6. The Morgan fingerprint density at radius 2 is 1.87 bits per heavy atom. The van der Waals surface area contributed by atoms with Crippen molar-refractivity contribution in [3.05, 3.63) is 53.6 Å². The zero-order valence-corrected chi connectivity index (χ0v) is 17.9. The van der Waals surface area contributed by atoms with Crippen LogP contribution in [0.3, 0.4) is 0 Å². The molecule has 2 amide bonds. The molecule has 0 aromatic heterocycles. The molecular weight excluding hydrogens is 402 g/mol. The normalized spacial score (nSPS) is 17.7. The van der Waals surface area contributed by atoms with Gasteiger partial charge in [-0.2, -0.15) is 0 Å². The highest BCUT2D eigenvalue weighted by molar-refractivity contribution is 7.89. The van der Waals surface area contributed by atoms with Crippen LogP contribution in [0.2, 0.25) is 0 Å². The highest BCUT2D eigenvalue weighted by atomic mass is 32.2. The standard InChI is InChI=1S/C22H25N3O4S/c1-15-13-18-14-19(7-8-21(18)25(15)16(2)26)30(28,29)23-11-9-22(27)24-12-10-17-5-3-4-6-20(17)24/h3-8,14-15,23H,9-13H2,1-2H3/t15-/m0/s1. The second-order valence-corrected chi connectivity index (χ2v) is 9.57. The number of carbonyl (C=O) groups is 2. The van der Waals surface area contributed by atoms with Crippen molar-refractivity contribution in [3.8, 4) is 0 Å². The number of fused-ring (bicyclic) bond motifs is 2. The number of hydrogen-bond donors (Lipinski definition) is 1. The van der Waals surface area contributed by atoms with Gasteiger partial charge in [0.05, 0.1) is 4.90 Å². The summed E-state index contributed by atoms with van der Waals surface area (Å²) in [5.74, 6) is -0.153. The third kappa shape index (κ3) is 3.73. The van der Waals surface area contributed by atoms with Crippen LogP contribution in [0.4, 0.5) is 11.4 Å². The Labute approximate surface area is 176 Å². The Kier molecular flexibility index (Phi) is 5.38. The second kappa shape index (κ2) is 7.85. The number of para-hydroxylation sites is 1. The average molecular weight is 428 g/mol. The molecule has 0 spiro atoms. The summed E-state index contributed by atoms with van der Waals surface area (Å²) in [6.07, 6.45) is 1.53. The summed E-state index contributed by atoms with van der Waals surface area (Å²) in [7, 11) is -3.74. The molecule has 0 saturated heterocycles. The van der Waals surface area contributed by atoms with Crippen molar-refractivity contribution in [1.29, 1.82) is 0 Å². The fourth-order valence-corrected chi connectivity index (χ4v) is 5.44. The molecule has 2 aliphatic rings. The summed E-state index contributed by atoms with van der Waals surface area (Å²) in [6, 6.07) is 12.6. The van der Waals surface area contributed by atoms with Gasteiger partial charge in [-0.05, 0) is 55.2 Å². The smallest absolute Gasteiger partial charge is 0.240 e. The molecule has 2 aromatic rings. The molecule has 0 bridgehead atoms. The molecule has 2 aromatic carbocycles. The van der Waals surface area contributed by atoms with Gasteiger partial charge in [0.1, 0.15) is 0 Å². The maximum absolute atomic E-state index is 12.7. The molecule has 30 heavy (non-hydrogen) atoms. The number of benzene rings is 2. The maximum atomic E-state index is 12.7. The van der Waals surface area contributed by atoms with Crippen molar-refractivity contribution in [2.45, 2.75) is 44.0 Å². The minimum absolute atomic E-state index is 0.00405. The van der Waals surface area contributed by atoms with Crippen molar-refractivity contribution < 1.29 is 18.0 Å². The number of sulfonamides is 1. The van der Waals surface area contributed by atoms with Crippen molar-refractivity contribution >= 4 is 33.2 Å². The highest BCUT2D eigenvalue weighted by Gasteiger charge is 2.30. The van der Waals surface area contributed by atoms with E-state index < -0.39 is 10.0 Å². The Morgan fingerprint density at radius 3 is 2.63 bits per heavy atom. The molecule has 2 heterocycles. The highest BCUT2D eigenvalue weighted by Crippen LogP contribution is 2.34. The number of rotatable bonds is 5. The first kappa shape index (κ1) is 20.6. The van der Waals surface area contributed by atoms with Crippen LogP contribution in [-0.4, -0.2) is 39.4 Å². The van der Waals surface area contributed by atoms with Crippen LogP contribution in [0.5, 0.6) is 0 Å². The summed E-state index contributed by atoms with van der Waals surface area (Å²) >= 11 is 0. The van der Waals surface area contributed by atoms with Gasteiger partial charge < -0.3 is 9.80 Å². The Bertz CT molecular complexity index is 1110. The van der Waals surface area contributed by atoms with Gasteiger partial charge >= 0.3 is 0 Å². The maximum Gasteiger partial charge on any atom is 0.240 e. The van der Waals surface area contributed by atoms with Gasteiger partial charge in [-0.25, -0.2) is 13.1 Å². The van der Waals surface area contributed by atoms with Gasteiger partial charge in [-0.15, -0.1) is 0 Å². The molecule has 0 saturated carbocycles. The molecule has 4 rings (SSSR count). The number of nitrogens with zero attached hydrogens (tertiary/aromatic N) is 2. The lowest BCUT2D eigenvalue weighted by atomic mass is 10.1.